The number of aliphatic hydroxyl groups excluding tert-OH is 1. The van der Waals surface area contributed by atoms with Gasteiger partial charge in [0.2, 0.25) is 0 Å². The van der Waals surface area contributed by atoms with Crippen LogP contribution in [0.25, 0.3) is 0 Å². The molecule has 3 nitrogen and oxygen atoms in total. The summed E-state index contributed by atoms with van der Waals surface area (Å²) in [5.41, 5.74) is 0. The van der Waals surface area contributed by atoms with Gasteiger partial charge in [-0.2, -0.15) is 0 Å². The van der Waals surface area contributed by atoms with E-state index in [2.05, 4.69) is 0 Å². The molecule has 3 atom stereocenters. The summed E-state index contributed by atoms with van der Waals surface area (Å²) in [4.78, 5) is 0. The predicted molar refractivity (Wildman–Crippen MR) is 46.6 cm³/mol. The van der Waals surface area contributed by atoms with Crippen molar-refractivity contribution >= 4 is 34.8 Å². The Morgan fingerprint density at radius 1 is 1.42 bits per heavy atom. The van der Waals surface area contributed by atoms with Crippen LogP contribution in [0.4, 0.5) is 0 Å². The van der Waals surface area contributed by atoms with E-state index in [0.29, 0.717) is 0 Å². The van der Waals surface area contributed by atoms with Gasteiger partial charge in [-0.05, 0) is 0 Å². The Bertz CT molecular complexity index is 224. The molecule has 3 N–H and O–H groups in total. The third-order valence-corrected chi connectivity index (χ3v) is 3.14. The van der Waals surface area contributed by atoms with Gasteiger partial charge in [-0.3, -0.25) is 0 Å². The van der Waals surface area contributed by atoms with Crippen molar-refractivity contribution in [2.24, 2.45) is 0 Å². The second kappa shape index (κ2) is 2.93. The lowest BCUT2D eigenvalue weighted by molar-refractivity contribution is 0.0356. The Balaban J connectivity index is 3.02. The second-order valence-corrected chi connectivity index (χ2v) is 4.42. The molecule has 0 aromatic rings. The summed E-state index contributed by atoms with van der Waals surface area (Å²) in [7, 11) is 0. The zero-order valence-electron chi connectivity index (χ0n) is 5.84. The molecule has 0 aromatic heterocycles. The fraction of sp³-hybridized carbons (Fsp3) is 0.667. The Labute approximate surface area is 84.2 Å². The molecule has 6 heteroatoms. The van der Waals surface area contributed by atoms with Crippen LogP contribution < -0.4 is 0 Å². The summed E-state index contributed by atoms with van der Waals surface area (Å²) >= 11 is 16.5. The fourth-order valence-electron chi connectivity index (χ4n) is 1.01. The van der Waals surface area contributed by atoms with E-state index in [4.69, 9.17) is 39.9 Å². The molecule has 1 aliphatic rings. The van der Waals surface area contributed by atoms with E-state index in [1.54, 1.807) is 0 Å². The van der Waals surface area contributed by atoms with Crippen LogP contribution in [0.5, 0.6) is 0 Å². The molecule has 0 amide bonds. The maximum Gasteiger partial charge on any atom is 0.181 e. The first kappa shape index (κ1) is 10.4. The van der Waals surface area contributed by atoms with E-state index >= 15 is 0 Å². The standard InChI is InChI=1S/C6H7Cl3O3/c7-4-5(8,11)1-3(10)2-6(4,9)12/h1,4,10-12H,2H2. The van der Waals surface area contributed by atoms with Crippen LogP contribution in [0.1, 0.15) is 6.42 Å². The van der Waals surface area contributed by atoms with Crippen LogP contribution in [0.3, 0.4) is 0 Å². The lowest BCUT2D eigenvalue weighted by atomic mass is 9.99. The highest BCUT2D eigenvalue weighted by Crippen LogP contribution is 2.42. The third kappa shape index (κ3) is 1.80. The minimum absolute atomic E-state index is 0.238. The predicted octanol–water partition coefficient (Wildman–Crippen LogP) is 1.29. The lowest BCUT2D eigenvalue weighted by Gasteiger charge is -2.36. The van der Waals surface area contributed by atoms with E-state index in [1.165, 1.54) is 0 Å². The monoisotopic (exact) mass is 232 g/mol. The van der Waals surface area contributed by atoms with Gasteiger partial charge in [0, 0.05) is 12.5 Å². The van der Waals surface area contributed by atoms with Crippen LogP contribution in [0.2, 0.25) is 0 Å². The van der Waals surface area contributed by atoms with Gasteiger partial charge < -0.3 is 15.3 Å². The van der Waals surface area contributed by atoms with Crippen molar-refractivity contribution in [3.05, 3.63) is 11.8 Å². The molecule has 0 radical (unpaired) electrons. The normalized spacial score (nSPS) is 48.8. The molecule has 0 bridgehead atoms. The molecule has 0 saturated carbocycles. The van der Waals surface area contributed by atoms with Crippen LogP contribution in [0.15, 0.2) is 11.8 Å². The van der Waals surface area contributed by atoms with Crippen molar-refractivity contribution in [1.82, 2.24) is 0 Å². The Morgan fingerprint density at radius 2 is 1.92 bits per heavy atom. The number of hydrogen-bond acceptors (Lipinski definition) is 3. The topological polar surface area (TPSA) is 60.7 Å². The molecule has 0 aromatic carbocycles. The first-order chi connectivity index (χ1) is 5.26. The van der Waals surface area contributed by atoms with Gasteiger partial charge in [-0.15, -0.1) is 11.6 Å². The summed E-state index contributed by atoms with van der Waals surface area (Å²) in [6, 6.07) is 0. The number of rotatable bonds is 0. The molecule has 3 unspecified atom stereocenters. The molecular formula is C6H7Cl3O3. The van der Waals surface area contributed by atoms with Gasteiger partial charge in [0.05, 0.1) is 5.76 Å². The van der Waals surface area contributed by atoms with Crippen molar-refractivity contribution in [2.75, 3.05) is 0 Å². The van der Waals surface area contributed by atoms with Crippen molar-refractivity contribution in [3.63, 3.8) is 0 Å². The maximum atomic E-state index is 9.34. The van der Waals surface area contributed by atoms with Gasteiger partial charge in [-0.1, -0.05) is 23.2 Å². The smallest absolute Gasteiger partial charge is 0.181 e. The first-order valence-corrected chi connectivity index (χ1v) is 4.32. The largest absolute Gasteiger partial charge is 0.512 e. The molecular weight excluding hydrogens is 226 g/mol. The quantitative estimate of drug-likeness (QED) is 0.553. The van der Waals surface area contributed by atoms with Gasteiger partial charge in [-0.25, -0.2) is 0 Å². The van der Waals surface area contributed by atoms with Crippen LogP contribution >= 0.6 is 34.8 Å². The number of hydrogen-bond donors (Lipinski definition) is 3. The molecule has 0 spiro atoms. The summed E-state index contributed by atoms with van der Waals surface area (Å²) in [5, 5.41) is 22.4. The van der Waals surface area contributed by atoms with E-state index in [0.717, 1.165) is 6.08 Å². The molecule has 1 aliphatic carbocycles. The van der Waals surface area contributed by atoms with Gasteiger partial charge in [0.15, 0.2) is 10.1 Å². The van der Waals surface area contributed by atoms with E-state index < -0.39 is 15.5 Å². The average molecular weight is 233 g/mol. The molecule has 0 heterocycles. The van der Waals surface area contributed by atoms with Crippen molar-refractivity contribution in [3.8, 4) is 0 Å². The summed E-state index contributed by atoms with van der Waals surface area (Å²) in [6.07, 6.45) is 0.709. The molecule has 1 rings (SSSR count). The van der Waals surface area contributed by atoms with E-state index in [9.17, 15) is 10.2 Å². The third-order valence-electron chi connectivity index (χ3n) is 1.54. The highest BCUT2D eigenvalue weighted by Gasteiger charge is 2.50. The minimum atomic E-state index is -2.01. The van der Waals surface area contributed by atoms with E-state index in [-0.39, 0.29) is 12.2 Å². The molecule has 0 fully saturated rings. The van der Waals surface area contributed by atoms with Crippen LogP contribution in [-0.2, 0) is 0 Å². The highest BCUT2D eigenvalue weighted by molar-refractivity contribution is 6.38. The summed E-state index contributed by atoms with van der Waals surface area (Å²) < 4.78 is 0. The second-order valence-electron chi connectivity index (χ2n) is 2.72. The SMILES string of the molecule is OC1=CC(O)(Cl)C(Cl)C(O)(Cl)C1. The van der Waals surface area contributed by atoms with E-state index in [1.807, 2.05) is 0 Å². The lowest BCUT2D eigenvalue weighted by Crippen LogP contribution is -2.49. The van der Waals surface area contributed by atoms with Crippen molar-refractivity contribution in [2.45, 2.75) is 21.9 Å². The molecule has 70 valence electrons. The summed E-state index contributed by atoms with van der Waals surface area (Å²) in [6.45, 7) is 0. The Kier molecular flexibility index (Phi) is 2.54. The zero-order chi connectivity index (χ0) is 9.57. The number of halogens is 3. The van der Waals surface area contributed by atoms with Crippen LogP contribution in [0, 0.1) is 0 Å². The minimum Gasteiger partial charge on any atom is -0.512 e. The maximum absolute atomic E-state index is 9.34. The molecule has 0 saturated heterocycles. The van der Waals surface area contributed by atoms with Crippen molar-refractivity contribution < 1.29 is 15.3 Å². The van der Waals surface area contributed by atoms with Crippen molar-refractivity contribution in [1.29, 1.82) is 0 Å². The number of aliphatic hydroxyl groups is 3. The zero-order valence-corrected chi connectivity index (χ0v) is 8.11. The first-order valence-electron chi connectivity index (χ1n) is 3.13. The Morgan fingerprint density at radius 3 is 2.33 bits per heavy atom. The van der Waals surface area contributed by atoms with Crippen LogP contribution in [-0.4, -0.2) is 30.8 Å². The van der Waals surface area contributed by atoms with Gasteiger partial charge in [0.25, 0.3) is 0 Å². The fourth-order valence-corrected chi connectivity index (χ4v) is 1.82. The summed E-state index contributed by atoms with van der Waals surface area (Å²) in [5.74, 6) is -0.290. The van der Waals surface area contributed by atoms with Gasteiger partial charge >= 0.3 is 0 Å². The number of alkyl halides is 3. The Hall–Kier alpha value is 0.330. The molecule has 0 aliphatic heterocycles. The highest BCUT2D eigenvalue weighted by atomic mass is 35.5. The average Bonchev–Trinajstić information content (AvgIpc) is 1.80. The van der Waals surface area contributed by atoms with Gasteiger partial charge in [0.1, 0.15) is 5.38 Å². The molecule has 12 heavy (non-hydrogen) atoms.